The predicted molar refractivity (Wildman–Crippen MR) is 72.4 cm³/mol. The van der Waals surface area contributed by atoms with Gasteiger partial charge in [0.2, 0.25) is 0 Å². The largest absolute Gasteiger partial charge is 0.322 e. The van der Waals surface area contributed by atoms with Gasteiger partial charge in [-0.25, -0.2) is 8.78 Å². The van der Waals surface area contributed by atoms with Crippen molar-refractivity contribution in [1.29, 1.82) is 0 Å². The second-order valence-corrected chi connectivity index (χ2v) is 4.39. The van der Waals surface area contributed by atoms with Crippen molar-refractivity contribution < 1.29 is 18.5 Å². The molecule has 2 rings (SSSR count). The van der Waals surface area contributed by atoms with Crippen LogP contribution in [0.5, 0.6) is 0 Å². The Kier molecular flexibility index (Phi) is 4.13. The first-order chi connectivity index (χ1) is 9.90. The fourth-order valence-electron chi connectivity index (χ4n) is 1.61. The number of hydrogen-bond acceptors (Lipinski definition) is 3. The molecule has 0 aliphatic rings. The van der Waals surface area contributed by atoms with Crippen LogP contribution in [0.25, 0.3) is 0 Å². The van der Waals surface area contributed by atoms with Crippen molar-refractivity contribution >= 4 is 28.9 Å². The van der Waals surface area contributed by atoms with E-state index in [-0.39, 0.29) is 16.4 Å². The second kappa shape index (κ2) is 5.84. The molecular weight excluding hydrogens is 306 g/mol. The maximum absolute atomic E-state index is 13.5. The van der Waals surface area contributed by atoms with Gasteiger partial charge in [0.25, 0.3) is 11.6 Å². The third-order valence-electron chi connectivity index (χ3n) is 2.60. The number of benzene rings is 2. The van der Waals surface area contributed by atoms with E-state index in [9.17, 15) is 23.7 Å². The summed E-state index contributed by atoms with van der Waals surface area (Å²) in [5.74, 6) is -3.32. The molecule has 0 saturated heterocycles. The Morgan fingerprint density at radius 1 is 1.24 bits per heavy atom. The summed E-state index contributed by atoms with van der Waals surface area (Å²) in [6.07, 6.45) is 0. The summed E-state index contributed by atoms with van der Waals surface area (Å²) in [4.78, 5) is 21.7. The van der Waals surface area contributed by atoms with Gasteiger partial charge in [-0.3, -0.25) is 14.9 Å². The molecule has 0 fully saturated rings. The van der Waals surface area contributed by atoms with Gasteiger partial charge in [-0.05, 0) is 24.3 Å². The molecule has 1 amide bonds. The van der Waals surface area contributed by atoms with Gasteiger partial charge in [-0.1, -0.05) is 17.7 Å². The number of anilines is 1. The molecule has 0 radical (unpaired) electrons. The maximum Gasteiger partial charge on any atom is 0.288 e. The first-order valence-electron chi connectivity index (χ1n) is 5.59. The molecule has 2 aromatic rings. The van der Waals surface area contributed by atoms with Crippen LogP contribution >= 0.6 is 11.6 Å². The van der Waals surface area contributed by atoms with E-state index < -0.39 is 28.0 Å². The zero-order valence-electron chi connectivity index (χ0n) is 10.3. The highest BCUT2D eigenvalue weighted by atomic mass is 35.5. The highest BCUT2D eigenvalue weighted by molar-refractivity contribution is 6.33. The average Bonchev–Trinajstić information content (AvgIpc) is 2.41. The summed E-state index contributed by atoms with van der Waals surface area (Å²) in [5, 5.41) is 12.7. The number of nitrogens with zero attached hydrogens (tertiary/aromatic N) is 1. The third-order valence-corrected chi connectivity index (χ3v) is 2.90. The Morgan fingerprint density at radius 2 is 1.95 bits per heavy atom. The summed E-state index contributed by atoms with van der Waals surface area (Å²) in [6, 6.07) is 6.67. The SMILES string of the molecule is O=C(Nc1ccc([N+](=O)[O-])c(Cl)c1)c1cccc(F)c1F. The number of nitro groups is 1. The Balaban J connectivity index is 2.26. The van der Waals surface area contributed by atoms with Crippen LogP contribution in [0.4, 0.5) is 20.2 Å². The van der Waals surface area contributed by atoms with Crippen LogP contribution in [0.1, 0.15) is 10.4 Å². The van der Waals surface area contributed by atoms with Gasteiger partial charge in [-0.15, -0.1) is 0 Å². The van der Waals surface area contributed by atoms with E-state index in [1.54, 1.807) is 0 Å². The van der Waals surface area contributed by atoms with Crippen LogP contribution in [-0.4, -0.2) is 10.8 Å². The van der Waals surface area contributed by atoms with Gasteiger partial charge in [0.1, 0.15) is 5.02 Å². The summed E-state index contributed by atoms with van der Waals surface area (Å²) >= 11 is 5.68. The molecule has 0 heterocycles. The summed E-state index contributed by atoms with van der Waals surface area (Å²) in [6.45, 7) is 0. The lowest BCUT2D eigenvalue weighted by molar-refractivity contribution is -0.384. The molecule has 8 heteroatoms. The lowest BCUT2D eigenvalue weighted by Gasteiger charge is -2.07. The molecule has 0 aromatic heterocycles. The van der Waals surface area contributed by atoms with Crippen molar-refractivity contribution in [2.75, 3.05) is 5.32 Å². The number of amides is 1. The number of carbonyl (C=O) groups excluding carboxylic acids is 1. The minimum Gasteiger partial charge on any atom is -0.322 e. The van der Waals surface area contributed by atoms with E-state index in [0.29, 0.717) is 0 Å². The molecule has 0 unspecified atom stereocenters. The molecule has 0 aliphatic heterocycles. The minimum absolute atomic E-state index is 0.124. The lowest BCUT2D eigenvalue weighted by Crippen LogP contribution is -2.14. The summed E-state index contributed by atoms with van der Waals surface area (Å²) in [7, 11) is 0. The molecular formula is C13H7ClF2N2O3. The normalized spacial score (nSPS) is 10.2. The zero-order chi connectivity index (χ0) is 15.6. The van der Waals surface area contributed by atoms with Gasteiger partial charge in [-0.2, -0.15) is 0 Å². The smallest absolute Gasteiger partial charge is 0.288 e. The van der Waals surface area contributed by atoms with E-state index in [4.69, 9.17) is 11.6 Å². The summed E-state index contributed by atoms with van der Waals surface area (Å²) in [5.41, 5.74) is -0.685. The number of nitro benzene ring substituents is 1. The van der Waals surface area contributed by atoms with Gasteiger partial charge in [0.15, 0.2) is 11.6 Å². The minimum atomic E-state index is -1.27. The number of nitrogens with one attached hydrogen (secondary N) is 1. The molecule has 0 atom stereocenters. The fraction of sp³-hybridized carbons (Fsp3) is 0. The first kappa shape index (κ1) is 14.9. The van der Waals surface area contributed by atoms with Crippen molar-refractivity contribution in [3.63, 3.8) is 0 Å². The number of rotatable bonds is 3. The molecule has 1 N–H and O–H groups in total. The molecule has 0 spiro atoms. The fourth-order valence-corrected chi connectivity index (χ4v) is 1.86. The average molecular weight is 313 g/mol. The van der Waals surface area contributed by atoms with Gasteiger partial charge >= 0.3 is 0 Å². The monoisotopic (exact) mass is 312 g/mol. The van der Waals surface area contributed by atoms with E-state index in [0.717, 1.165) is 24.3 Å². The highest BCUT2D eigenvalue weighted by Gasteiger charge is 2.17. The van der Waals surface area contributed by atoms with Crippen molar-refractivity contribution in [2.45, 2.75) is 0 Å². The van der Waals surface area contributed by atoms with Crippen molar-refractivity contribution in [3.8, 4) is 0 Å². The first-order valence-corrected chi connectivity index (χ1v) is 5.97. The van der Waals surface area contributed by atoms with E-state index in [1.807, 2.05) is 0 Å². The van der Waals surface area contributed by atoms with Crippen LogP contribution in [-0.2, 0) is 0 Å². The third kappa shape index (κ3) is 3.14. The van der Waals surface area contributed by atoms with Crippen LogP contribution < -0.4 is 5.32 Å². The highest BCUT2D eigenvalue weighted by Crippen LogP contribution is 2.27. The Bertz CT molecular complexity index is 737. The molecule has 108 valence electrons. The number of carbonyl (C=O) groups is 1. The molecule has 21 heavy (non-hydrogen) atoms. The number of halogens is 3. The topological polar surface area (TPSA) is 72.2 Å². The van der Waals surface area contributed by atoms with Crippen molar-refractivity contribution in [3.05, 3.63) is 68.7 Å². The van der Waals surface area contributed by atoms with E-state index in [2.05, 4.69) is 5.32 Å². The summed E-state index contributed by atoms with van der Waals surface area (Å²) < 4.78 is 26.5. The van der Waals surface area contributed by atoms with Crippen LogP contribution in [0.3, 0.4) is 0 Å². The van der Waals surface area contributed by atoms with Gasteiger partial charge in [0, 0.05) is 11.8 Å². The predicted octanol–water partition coefficient (Wildman–Crippen LogP) is 3.78. The van der Waals surface area contributed by atoms with Crippen molar-refractivity contribution in [1.82, 2.24) is 0 Å². The standard InChI is InChI=1S/C13H7ClF2N2O3/c14-9-6-7(4-5-11(9)18(20)21)17-13(19)8-2-1-3-10(15)12(8)16/h1-6H,(H,17,19). The Labute approximate surface area is 122 Å². The van der Waals surface area contributed by atoms with Crippen LogP contribution in [0.2, 0.25) is 5.02 Å². The van der Waals surface area contributed by atoms with Crippen LogP contribution in [0.15, 0.2) is 36.4 Å². The van der Waals surface area contributed by atoms with Gasteiger partial charge in [0.05, 0.1) is 10.5 Å². The Hall–Kier alpha value is -2.54. The molecule has 0 aliphatic carbocycles. The van der Waals surface area contributed by atoms with Crippen LogP contribution in [0, 0.1) is 21.7 Å². The molecule has 0 saturated carbocycles. The molecule has 5 nitrogen and oxygen atoms in total. The van der Waals surface area contributed by atoms with Crippen molar-refractivity contribution in [2.24, 2.45) is 0 Å². The zero-order valence-corrected chi connectivity index (χ0v) is 11.0. The molecule has 0 bridgehead atoms. The van der Waals surface area contributed by atoms with E-state index >= 15 is 0 Å². The quantitative estimate of drug-likeness (QED) is 0.692. The Morgan fingerprint density at radius 3 is 2.57 bits per heavy atom. The molecule has 2 aromatic carbocycles. The maximum atomic E-state index is 13.5. The lowest BCUT2D eigenvalue weighted by atomic mass is 10.2. The van der Waals surface area contributed by atoms with E-state index in [1.165, 1.54) is 12.1 Å². The van der Waals surface area contributed by atoms with Gasteiger partial charge < -0.3 is 5.32 Å². The second-order valence-electron chi connectivity index (χ2n) is 3.98. The number of hydrogen-bond donors (Lipinski definition) is 1.